The van der Waals surface area contributed by atoms with Crippen molar-refractivity contribution >= 4 is 5.78 Å². The minimum absolute atomic E-state index is 0.000229. The van der Waals surface area contributed by atoms with Crippen LogP contribution in [-0.2, 0) is 28.5 Å². The normalized spacial score (nSPS) is 46.9. The van der Waals surface area contributed by atoms with Crippen molar-refractivity contribution in [3.8, 4) is 0 Å². The van der Waals surface area contributed by atoms with Gasteiger partial charge in [0, 0.05) is 18.3 Å². The molecule has 0 radical (unpaired) electrons. The highest BCUT2D eigenvalue weighted by atomic mass is 16.8. The topological polar surface area (TPSA) is 104 Å². The van der Waals surface area contributed by atoms with Gasteiger partial charge in [-0.2, -0.15) is 0 Å². The SMILES string of the molecule is CCC(C(C)=O)[C@H]1CC[C@H](C)C([C@@H](C)C(C)[C@H](C)C[C@H](CC)[C@H]2O[C@]3(C=C[C@@H](O)[C@]4(CC[C@@](C)([C@H]5CC[C@](O)(CC)[C@H](C)O5)O4)O3)[C@H](C)C[C@@H]2C)O1. The van der Waals surface area contributed by atoms with Gasteiger partial charge in [0.05, 0.1) is 41.7 Å². The molecule has 8 nitrogen and oxygen atoms in total. The Morgan fingerprint density at radius 2 is 1.62 bits per heavy atom. The molecule has 0 bridgehead atoms. The zero-order valence-corrected chi connectivity index (χ0v) is 34.9. The molecule has 0 aromatic heterocycles. The molecule has 0 aromatic rings. The van der Waals surface area contributed by atoms with E-state index in [0.717, 1.165) is 38.5 Å². The molecule has 4 fully saturated rings. The highest BCUT2D eigenvalue weighted by Crippen LogP contribution is 2.54. The molecule has 5 rings (SSSR count). The van der Waals surface area contributed by atoms with E-state index < -0.39 is 28.9 Å². The van der Waals surface area contributed by atoms with Crippen molar-refractivity contribution < 1.29 is 38.7 Å². The summed E-state index contributed by atoms with van der Waals surface area (Å²) in [5.74, 6) is 0.540. The average molecular weight is 733 g/mol. The molecular weight excluding hydrogens is 656 g/mol. The van der Waals surface area contributed by atoms with Gasteiger partial charge in [-0.1, -0.05) is 68.7 Å². The summed E-state index contributed by atoms with van der Waals surface area (Å²) in [5.41, 5.74) is -1.48. The number of ketones is 1. The molecular formula is C44H76O8. The van der Waals surface area contributed by atoms with Gasteiger partial charge in [0.2, 0.25) is 5.79 Å². The Morgan fingerprint density at radius 3 is 2.23 bits per heavy atom. The lowest BCUT2D eigenvalue weighted by Gasteiger charge is -2.54. The summed E-state index contributed by atoms with van der Waals surface area (Å²) in [4.78, 5) is 12.4. The van der Waals surface area contributed by atoms with Crippen LogP contribution in [0.3, 0.4) is 0 Å². The molecule has 0 aromatic carbocycles. The van der Waals surface area contributed by atoms with E-state index in [0.29, 0.717) is 67.6 Å². The average Bonchev–Trinajstić information content (AvgIpc) is 3.45. The smallest absolute Gasteiger partial charge is 0.202 e. The molecule has 2 N–H and O–H groups in total. The fourth-order valence-corrected chi connectivity index (χ4v) is 11.1. The van der Waals surface area contributed by atoms with Gasteiger partial charge < -0.3 is 33.9 Å². The fourth-order valence-electron chi connectivity index (χ4n) is 11.1. The lowest BCUT2D eigenvalue weighted by Crippen LogP contribution is -2.62. The van der Waals surface area contributed by atoms with E-state index in [2.05, 4.69) is 62.3 Å². The third-order valence-corrected chi connectivity index (χ3v) is 15.3. The van der Waals surface area contributed by atoms with Gasteiger partial charge in [0.1, 0.15) is 11.9 Å². The Labute approximate surface area is 316 Å². The second kappa shape index (κ2) is 16.3. The van der Waals surface area contributed by atoms with Gasteiger partial charge in [-0.15, -0.1) is 0 Å². The van der Waals surface area contributed by atoms with E-state index in [1.807, 2.05) is 26.0 Å². The molecule has 0 aliphatic carbocycles. The van der Waals surface area contributed by atoms with E-state index >= 15 is 0 Å². The molecule has 52 heavy (non-hydrogen) atoms. The summed E-state index contributed by atoms with van der Waals surface area (Å²) < 4.78 is 34.4. The number of Topliss-reactive ketones (excluding diaryl/α,β-unsaturated/α-hetero) is 1. The first-order valence-corrected chi connectivity index (χ1v) is 21.4. The van der Waals surface area contributed by atoms with Gasteiger partial charge in [-0.3, -0.25) is 4.79 Å². The van der Waals surface area contributed by atoms with E-state index in [9.17, 15) is 15.0 Å². The van der Waals surface area contributed by atoms with Crippen LogP contribution in [-0.4, -0.2) is 75.4 Å². The van der Waals surface area contributed by atoms with Crippen molar-refractivity contribution in [1.82, 2.24) is 0 Å². The largest absolute Gasteiger partial charge is 0.387 e. The maximum Gasteiger partial charge on any atom is 0.202 e. The van der Waals surface area contributed by atoms with E-state index in [4.69, 9.17) is 23.7 Å². The predicted molar refractivity (Wildman–Crippen MR) is 204 cm³/mol. The van der Waals surface area contributed by atoms with Crippen molar-refractivity contribution in [1.29, 1.82) is 0 Å². The molecule has 5 aliphatic rings. The van der Waals surface area contributed by atoms with Crippen LogP contribution in [0.5, 0.6) is 0 Å². The second-order valence-electron chi connectivity index (χ2n) is 18.7. The van der Waals surface area contributed by atoms with Gasteiger partial charge in [-0.05, 0) is 126 Å². The molecule has 300 valence electrons. The first-order chi connectivity index (χ1) is 24.4. The van der Waals surface area contributed by atoms with E-state index in [1.54, 1.807) is 6.92 Å². The van der Waals surface area contributed by atoms with Crippen LogP contribution < -0.4 is 0 Å². The Bertz CT molecular complexity index is 1240. The zero-order valence-electron chi connectivity index (χ0n) is 34.9. The van der Waals surface area contributed by atoms with Crippen LogP contribution in [0, 0.1) is 47.3 Å². The van der Waals surface area contributed by atoms with E-state index in [1.165, 1.54) is 0 Å². The maximum atomic E-state index is 12.4. The van der Waals surface area contributed by atoms with Crippen LogP contribution in [0.15, 0.2) is 12.2 Å². The lowest BCUT2D eigenvalue weighted by atomic mass is 9.70. The number of carbonyl (C=O) groups excluding carboxylic acids is 1. The first-order valence-electron chi connectivity index (χ1n) is 21.4. The Hall–Kier alpha value is -0.870. The molecule has 0 saturated carbocycles. The van der Waals surface area contributed by atoms with E-state index in [-0.39, 0.29) is 48.1 Å². The van der Waals surface area contributed by atoms with Gasteiger partial charge in [0.15, 0.2) is 5.79 Å². The van der Waals surface area contributed by atoms with Crippen LogP contribution >= 0.6 is 0 Å². The predicted octanol–water partition coefficient (Wildman–Crippen LogP) is 8.79. The van der Waals surface area contributed by atoms with Crippen LogP contribution in [0.1, 0.15) is 154 Å². The standard InChI is InChI=1S/C44H76O8/c1-13-34(25-27(5)30(8)31(9)39-26(4)16-17-36(49-39)35(14-2)32(10)45)40-28(6)24-29(7)43(50-40)21-18-37(46)44(52-43)23-22-41(12,51-44)38-19-20-42(47,15-3)33(11)48-38/h18,21,26-31,33-40,46-47H,13-17,19-20,22-25H2,1-12H3/t26-,27+,28-,29+,30?,31-,33-,34-,35?,36+,37+,38+,39?,40-,41-,42+,43-,44-/m0/s1. The monoisotopic (exact) mass is 733 g/mol. The number of carbonyl (C=O) groups is 1. The third-order valence-electron chi connectivity index (χ3n) is 15.3. The number of hydrogen-bond acceptors (Lipinski definition) is 8. The van der Waals surface area contributed by atoms with Gasteiger partial charge >= 0.3 is 0 Å². The second-order valence-corrected chi connectivity index (χ2v) is 18.7. The molecule has 5 aliphatic heterocycles. The van der Waals surface area contributed by atoms with Crippen molar-refractivity contribution in [2.24, 2.45) is 47.3 Å². The van der Waals surface area contributed by atoms with Crippen LogP contribution in [0.4, 0.5) is 0 Å². The summed E-state index contributed by atoms with van der Waals surface area (Å²) in [6.07, 6.45) is 11.7. The number of ether oxygens (including phenoxy) is 5. The number of rotatable bonds is 12. The summed E-state index contributed by atoms with van der Waals surface area (Å²) in [6.45, 7) is 26.2. The Balaban J connectivity index is 1.28. The lowest BCUT2D eigenvalue weighted by molar-refractivity contribution is -0.410. The van der Waals surface area contributed by atoms with Crippen LogP contribution in [0.25, 0.3) is 0 Å². The first kappa shape index (κ1) is 42.3. The zero-order chi connectivity index (χ0) is 38.4. The minimum atomic E-state index is -1.22. The van der Waals surface area contributed by atoms with Crippen LogP contribution in [0.2, 0.25) is 0 Å². The summed E-state index contributed by atoms with van der Waals surface area (Å²) in [5, 5.41) is 22.5. The van der Waals surface area contributed by atoms with Gasteiger partial charge in [-0.25, -0.2) is 0 Å². The van der Waals surface area contributed by atoms with Crippen molar-refractivity contribution in [2.45, 2.75) is 213 Å². The number of aliphatic hydroxyl groups is 2. The summed E-state index contributed by atoms with van der Waals surface area (Å²) in [7, 11) is 0. The number of aliphatic hydroxyl groups excluding tert-OH is 1. The molecule has 4 saturated heterocycles. The van der Waals surface area contributed by atoms with Crippen molar-refractivity contribution in [2.75, 3.05) is 0 Å². The maximum absolute atomic E-state index is 12.4. The third kappa shape index (κ3) is 8.02. The quantitative estimate of drug-likeness (QED) is 0.192. The fraction of sp³-hybridized carbons (Fsp3) is 0.932. The van der Waals surface area contributed by atoms with Gasteiger partial charge in [0.25, 0.3) is 0 Å². The molecule has 18 atom stereocenters. The van der Waals surface area contributed by atoms with Crippen molar-refractivity contribution in [3.63, 3.8) is 0 Å². The molecule has 2 spiro atoms. The molecule has 3 unspecified atom stereocenters. The summed E-state index contributed by atoms with van der Waals surface area (Å²) >= 11 is 0. The number of hydrogen-bond donors (Lipinski definition) is 2. The highest BCUT2D eigenvalue weighted by Gasteiger charge is 2.63. The molecule has 0 amide bonds. The van der Waals surface area contributed by atoms with Crippen molar-refractivity contribution in [3.05, 3.63) is 12.2 Å². The minimum Gasteiger partial charge on any atom is -0.387 e. The molecule has 5 heterocycles. The summed E-state index contributed by atoms with van der Waals surface area (Å²) in [6, 6.07) is 0. The Kier molecular flexibility index (Phi) is 13.3. The molecule has 8 heteroatoms. The highest BCUT2D eigenvalue weighted by molar-refractivity contribution is 5.78. The Morgan fingerprint density at radius 1 is 0.904 bits per heavy atom.